The first kappa shape index (κ1) is 25.4. The highest BCUT2D eigenvalue weighted by Crippen LogP contribution is 2.40. The molecule has 1 unspecified atom stereocenters. The number of nitrogens with zero attached hydrogens (tertiary/aromatic N) is 5. The average Bonchev–Trinajstić information content (AvgIpc) is 3.37. The molecule has 3 amide bonds. The molecule has 38 heavy (non-hydrogen) atoms. The van der Waals surface area contributed by atoms with E-state index in [1.54, 1.807) is 30.5 Å². The molecule has 1 aliphatic rings. The first-order valence-electron chi connectivity index (χ1n) is 12.8. The van der Waals surface area contributed by atoms with Gasteiger partial charge in [0.1, 0.15) is 11.3 Å². The fourth-order valence-electron chi connectivity index (χ4n) is 5.47. The molecule has 0 bridgehead atoms. The lowest BCUT2D eigenvalue weighted by Gasteiger charge is -2.38. The molecular weight excluding hydrogens is 482 g/mol. The Morgan fingerprint density at radius 1 is 0.974 bits per heavy atom. The number of aryl methyl sites for hydroxylation is 1. The molecule has 0 fully saturated rings. The van der Waals surface area contributed by atoms with Crippen LogP contribution in [0.3, 0.4) is 0 Å². The minimum absolute atomic E-state index is 0.241. The van der Waals surface area contributed by atoms with E-state index in [9.17, 15) is 19.5 Å². The van der Waals surface area contributed by atoms with Crippen molar-refractivity contribution in [3.05, 3.63) is 71.7 Å². The Hall–Kier alpha value is -4.27. The average molecular weight is 514 g/mol. The third-order valence-electron chi connectivity index (χ3n) is 7.11. The first-order valence-corrected chi connectivity index (χ1v) is 12.8. The van der Waals surface area contributed by atoms with Gasteiger partial charge in [0.15, 0.2) is 0 Å². The molecule has 3 heterocycles. The van der Waals surface area contributed by atoms with Gasteiger partial charge in [0.05, 0.1) is 34.4 Å². The molecule has 2 aromatic heterocycles. The molecule has 0 saturated heterocycles. The zero-order valence-corrected chi connectivity index (χ0v) is 22.0. The van der Waals surface area contributed by atoms with Crippen molar-refractivity contribution < 1.29 is 19.5 Å². The maximum Gasteiger partial charge on any atom is 0.407 e. The van der Waals surface area contributed by atoms with E-state index < -0.39 is 17.6 Å². The quantitative estimate of drug-likeness (QED) is 0.333. The fraction of sp³-hybridized carbons (Fsp3) is 0.345. The van der Waals surface area contributed by atoms with Crippen LogP contribution in [0.25, 0.3) is 21.9 Å². The second kappa shape index (κ2) is 9.55. The summed E-state index contributed by atoms with van der Waals surface area (Å²) in [4.78, 5) is 50.3. The van der Waals surface area contributed by atoms with Gasteiger partial charge in [0.2, 0.25) is 0 Å². The number of amides is 3. The Kier molecular flexibility index (Phi) is 6.38. The molecule has 1 atom stereocenters. The van der Waals surface area contributed by atoms with Crippen LogP contribution in [0, 0.1) is 5.41 Å². The van der Waals surface area contributed by atoms with Gasteiger partial charge in [-0.2, -0.15) is 0 Å². The molecular formula is C29H31N5O4. The van der Waals surface area contributed by atoms with Gasteiger partial charge in [-0.15, -0.1) is 0 Å². The van der Waals surface area contributed by atoms with E-state index in [4.69, 9.17) is 4.98 Å². The van der Waals surface area contributed by atoms with Crippen molar-refractivity contribution in [2.45, 2.75) is 46.7 Å². The molecule has 0 spiro atoms. The highest BCUT2D eigenvalue weighted by atomic mass is 16.4. The van der Waals surface area contributed by atoms with Gasteiger partial charge in [-0.05, 0) is 37.0 Å². The number of fused-ring (bicyclic) bond motifs is 4. The Bertz CT molecular complexity index is 1530. The second-order valence-electron chi connectivity index (χ2n) is 10.6. The number of hydrogen-bond donors (Lipinski definition) is 1. The summed E-state index contributed by atoms with van der Waals surface area (Å²) in [6.45, 7) is 8.81. The number of benzene rings is 2. The van der Waals surface area contributed by atoms with Crippen LogP contribution in [0.15, 0.2) is 54.7 Å². The standard InChI is InChI=1S/C29H31N5O4/c1-5-32(28(37)38)24(29(2,3)4)25-31-22-17-30-21-14-9-8-13-20(21)23(22)33(25)15-10-16-34-26(35)18-11-6-7-12-19(18)27(34)36/h6-9,11-14,17,24H,5,10,15-16H2,1-4H3,(H,37,38). The van der Waals surface area contributed by atoms with Crippen molar-refractivity contribution in [1.82, 2.24) is 24.3 Å². The summed E-state index contributed by atoms with van der Waals surface area (Å²) >= 11 is 0. The summed E-state index contributed by atoms with van der Waals surface area (Å²) in [7, 11) is 0. The Morgan fingerprint density at radius 3 is 2.21 bits per heavy atom. The van der Waals surface area contributed by atoms with Crippen molar-refractivity contribution in [1.29, 1.82) is 0 Å². The van der Waals surface area contributed by atoms with Gasteiger partial charge in [-0.25, -0.2) is 9.78 Å². The summed E-state index contributed by atoms with van der Waals surface area (Å²) in [5.41, 5.74) is 2.75. The highest BCUT2D eigenvalue weighted by molar-refractivity contribution is 6.21. The fourth-order valence-corrected chi connectivity index (χ4v) is 5.47. The molecule has 9 heteroatoms. The Labute approximate surface area is 220 Å². The lowest BCUT2D eigenvalue weighted by Crippen LogP contribution is -2.41. The highest BCUT2D eigenvalue weighted by Gasteiger charge is 2.39. The topological polar surface area (TPSA) is 109 Å². The van der Waals surface area contributed by atoms with E-state index in [1.807, 2.05) is 52.0 Å². The molecule has 4 aromatic rings. The molecule has 5 rings (SSSR count). The molecule has 0 aliphatic carbocycles. The zero-order chi connectivity index (χ0) is 27.2. The third kappa shape index (κ3) is 4.17. The Balaban J connectivity index is 1.58. The van der Waals surface area contributed by atoms with Crippen LogP contribution in [-0.4, -0.2) is 60.4 Å². The lowest BCUT2D eigenvalue weighted by atomic mass is 9.85. The first-order chi connectivity index (χ1) is 18.1. The van der Waals surface area contributed by atoms with Crippen molar-refractivity contribution in [3.8, 4) is 0 Å². The number of hydrogen-bond acceptors (Lipinski definition) is 5. The Morgan fingerprint density at radius 2 is 1.61 bits per heavy atom. The molecule has 1 N–H and O–H groups in total. The normalized spacial score (nSPS) is 14.4. The van der Waals surface area contributed by atoms with Gasteiger partial charge >= 0.3 is 6.09 Å². The third-order valence-corrected chi connectivity index (χ3v) is 7.11. The number of carboxylic acid groups (broad SMARTS) is 1. The monoisotopic (exact) mass is 513 g/mol. The van der Waals surface area contributed by atoms with Crippen LogP contribution in [0.2, 0.25) is 0 Å². The van der Waals surface area contributed by atoms with E-state index in [1.165, 1.54) is 9.80 Å². The SMILES string of the molecule is CCN(C(=O)O)C(c1nc2cnc3ccccc3c2n1CCCN1C(=O)c2ccccc2C1=O)C(C)(C)C. The lowest BCUT2D eigenvalue weighted by molar-refractivity contribution is 0.0647. The van der Waals surface area contributed by atoms with Crippen LogP contribution in [0.4, 0.5) is 4.79 Å². The van der Waals surface area contributed by atoms with E-state index in [0.717, 1.165) is 16.4 Å². The number of rotatable bonds is 7. The van der Waals surface area contributed by atoms with Crippen LogP contribution >= 0.6 is 0 Å². The molecule has 0 radical (unpaired) electrons. The number of imide groups is 1. The summed E-state index contributed by atoms with van der Waals surface area (Å²) in [6.07, 6.45) is 1.19. The summed E-state index contributed by atoms with van der Waals surface area (Å²) in [5, 5.41) is 11.0. The smallest absolute Gasteiger partial charge is 0.407 e. The van der Waals surface area contributed by atoms with Crippen LogP contribution in [-0.2, 0) is 6.54 Å². The van der Waals surface area contributed by atoms with Gasteiger partial charge in [0.25, 0.3) is 11.8 Å². The number of para-hydroxylation sites is 1. The van der Waals surface area contributed by atoms with Crippen molar-refractivity contribution in [2.24, 2.45) is 5.41 Å². The molecule has 2 aromatic carbocycles. The number of imidazole rings is 1. The molecule has 9 nitrogen and oxygen atoms in total. The number of aromatic nitrogens is 3. The van der Waals surface area contributed by atoms with Crippen molar-refractivity contribution >= 4 is 39.8 Å². The van der Waals surface area contributed by atoms with Crippen LogP contribution < -0.4 is 0 Å². The van der Waals surface area contributed by atoms with E-state index in [2.05, 4.69) is 9.55 Å². The minimum Gasteiger partial charge on any atom is -0.465 e. The zero-order valence-electron chi connectivity index (χ0n) is 22.0. The van der Waals surface area contributed by atoms with Crippen LogP contribution in [0.5, 0.6) is 0 Å². The van der Waals surface area contributed by atoms with E-state index in [0.29, 0.717) is 42.0 Å². The van der Waals surface area contributed by atoms with Crippen LogP contribution in [0.1, 0.15) is 66.7 Å². The predicted molar refractivity (Wildman–Crippen MR) is 144 cm³/mol. The molecule has 1 aliphatic heterocycles. The van der Waals surface area contributed by atoms with Crippen molar-refractivity contribution in [2.75, 3.05) is 13.1 Å². The van der Waals surface area contributed by atoms with Gasteiger partial charge in [-0.3, -0.25) is 24.4 Å². The largest absolute Gasteiger partial charge is 0.465 e. The second-order valence-corrected chi connectivity index (χ2v) is 10.6. The predicted octanol–water partition coefficient (Wildman–Crippen LogP) is 5.36. The summed E-state index contributed by atoms with van der Waals surface area (Å²) in [6, 6.07) is 14.1. The number of carbonyl (C=O) groups excluding carboxylic acids is 2. The van der Waals surface area contributed by atoms with E-state index in [-0.39, 0.29) is 18.4 Å². The van der Waals surface area contributed by atoms with Gasteiger partial charge in [0, 0.05) is 25.0 Å². The maximum absolute atomic E-state index is 12.9. The van der Waals surface area contributed by atoms with Gasteiger partial charge < -0.3 is 9.67 Å². The maximum atomic E-state index is 12.9. The minimum atomic E-state index is -1.01. The van der Waals surface area contributed by atoms with E-state index >= 15 is 0 Å². The summed E-state index contributed by atoms with van der Waals surface area (Å²) in [5.74, 6) is 0.0513. The number of carbonyl (C=O) groups is 3. The molecule has 196 valence electrons. The van der Waals surface area contributed by atoms with Crippen molar-refractivity contribution in [3.63, 3.8) is 0 Å². The molecule has 0 saturated carbocycles. The summed E-state index contributed by atoms with van der Waals surface area (Å²) < 4.78 is 2.05. The van der Waals surface area contributed by atoms with Gasteiger partial charge in [-0.1, -0.05) is 51.1 Å². The number of pyridine rings is 1.